The molecule has 0 bridgehead atoms. The van der Waals surface area contributed by atoms with Crippen LogP contribution in [0.1, 0.15) is 24.8 Å². The highest BCUT2D eigenvalue weighted by molar-refractivity contribution is 5.88. The molecule has 3 aromatic rings. The molecule has 2 heterocycles. The van der Waals surface area contributed by atoms with Gasteiger partial charge in [0.15, 0.2) is 17.1 Å². The number of fused-ring (bicyclic) bond motifs is 1. The van der Waals surface area contributed by atoms with E-state index in [2.05, 4.69) is 16.8 Å². The molecule has 7 nitrogen and oxygen atoms in total. The largest absolute Gasteiger partial charge is 0.504 e. The number of likely N-dealkylation sites (tertiary alicyclic amines) is 1. The number of aromatic hydroxyl groups is 2. The van der Waals surface area contributed by atoms with Gasteiger partial charge in [-0.05, 0) is 50.7 Å². The minimum absolute atomic E-state index is 0.0522. The van der Waals surface area contributed by atoms with Gasteiger partial charge in [0.2, 0.25) is 16.9 Å². The van der Waals surface area contributed by atoms with Crippen LogP contribution in [0.25, 0.3) is 22.3 Å². The second kappa shape index (κ2) is 9.63. The Bertz CT molecular complexity index is 1130. The fourth-order valence-corrected chi connectivity index (χ4v) is 4.25. The zero-order valence-electron chi connectivity index (χ0n) is 18.6. The van der Waals surface area contributed by atoms with E-state index in [0.29, 0.717) is 5.56 Å². The number of benzene rings is 2. The molecule has 1 saturated heterocycles. The van der Waals surface area contributed by atoms with Gasteiger partial charge in [0.1, 0.15) is 0 Å². The van der Waals surface area contributed by atoms with Crippen LogP contribution < -0.4 is 10.2 Å². The van der Waals surface area contributed by atoms with E-state index in [0.717, 1.165) is 25.2 Å². The molecular weight excluding hydrogens is 408 g/mol. The fraction of sp³-hybridized carbons (Fsp3) is 0.400. The van der Waals surface area contributed by atoms with E-state index in [1.54, 1.807) is 0 Å². The number of hydrogen-bond donors (Lipinski definition) is 2. The Morgan fingerprint density at radius 1 is 1.06 bits per heavy atom. The van der Waals surface area contributed by atoms with Gasteiger partial charge in [-0.3, -0.25) is 4.79 Å². The molecule has 0 atom stereocenters. The molecule has 0 amide bonds. The van der Waals surface area contributed by atoms with Gasteiger partial charge in [-0.1, -0.05) is 30.7 Å². The van der Waals surface area contributed by atoms with Crippen molar-refractivity contribution in [3.63, 3.8) is 0 Å². The third kappa shape index (κ3) is 4.59. The van der Waals surface area contributed by atoms with Gasteiger partial charge in [-0.2, -0.15) is 0 Å². The molecule has 1 aromatic heterocycles. The van der Waals surface area contributed by atoms with E-state index in [4.69, 9.17) is 9.15 Å². The lowest BCUT2D eigenvalue weighted by atomic mass is 10.1. The van der Waals surface area contributed by atoms with E-state index in [-0.39, 0.29) is 28.2 Å². The van der Waals surface area contributed by atoms with Crippen molar-refractivity contribution in [1.29, 1.82) is 0 Å². The van der Waals surface area contributed by atoms with Crippen molar-refractivity contribution in [1.82, 2.24) is 9.80 Å². The van der Waals surface area contributed by atoms with Gasteiger partial charge in [0, 0.05) is 25.2 Å². The topological polar surface area (TPSA) is 86.4 Å². The summed E-state index contributed by atoms with van der Waals surface area (Å²) >= 11 is 0. The molecule has 1 fully saturated rings. The van der Waals surface area contributed by atoms with Gasteiger partial charge in [0.25, 0.3) is 0 Å². The van der Waals surface area contributed by atoms with E-state index in [1.807, 2.05) is 24.3 Å². The van der Waals surface area contributed by atoms with Crippen LogP contribution in [0.3, 0.4) is 0 Å². The zero-order chi connectivity index (χ0) is 22.7. The van der Waals surface area contributed by atoms with Crippen LogP contribution in [-0.2, 0) is 6.54 Å². The lowest BCUT2D eigenvalue weighted by Gasteiger charge is -2.28. The summed E-state index contributed by atoms with van der Waals surface area (Å²) in [5.74, 6) is -0.483. The second-order valence-corrected chi connectivity index (χ2v) is 8.44. The van der Waals surface area contributed by atoms with Crippen molar-refractivity contribution in [2.24, 2.45) is 0 Å². The molecular formula is C25H30N2O5. The van der Waals surface area contributed by atoms with Gasteiger partial charge < -0.3 is 29.2 Å². The molecule has 170 valence electrons. The Kier molecular flexibility index (Phi) is 6.67. The Balaban J connectivity index is 1.52. The number of piperidine rings is 1. The molecule has 1 aliphatic rings. The normalized spacial score (nSPS) is 14.8. The number of phenols is 1. The monoisotopic (exact) mass is 438 g/mol. The molecule has 0 unspecified atom stereocenters. The first kappa shape index (κ1) is 22.2. The standard InChI is InChI=1S/C25H30N2O5/c1-26(14-15-27-12-4-3-5-13-27)16-17-6-8-18(9-7-17)23-22(30)21(29)19-10-11-20(28)25(31-2)24(19)32-23/h6-11,28,30H,3-5,12-16H2,1-2H3. The molecule has 1 aliphatic heterocycles. The highest BCUT2D eigenvalue weighted by Gasteiger charge is 2.20. The first-order chi connectivity index (χ1) is 15.5. The van der Waals surface area contributed by atoms with E-state index >= 15 is 0 Å². The summed E-state index contributed by atoms with van der Waals surface area (Å²) in [6, 6.07) is 10.3. The SMILES string of the molecule is COc1c(O)ccc2c(=O)c(O)c(-c3ccc(CN(C)CCN4CCCCC4)cc3)oc12. The van der Waals surface area contributed by atoms with E-state index in [1.165, 1.54) is 51.6 Å². The maximum absolute atomic E-state index is 12.7. The average molecular weight is 439 g/mol. The number of likely N-dealkylation sites (N-methyl/N-ethyl adjacent to an activating group) is 1. The van der Waals surface area contributed by atoms with Gasteiger partial charge in [-0.25, -0.2) is 0 Å². The molecule has 0 aliphatic carbocycles. The lowest BCUT2D eigenvalue weighted by molar-refractivity contribution is 0.194. The number of nitrogens with zero attached hydrogens (tertiary/aromatic N) is 2. The molecule has 2 aromatic carbocycles. The van der Waals surface area contributed by atoms with Crippen LogP contribution in [0.15, 0.2) is 45.6 Å². The molecule has 32 heavy (non-hydrogen) atoms. The van der Waals surface area contributed by atoms with Crippen molar-refractivity contribution in [2.75, 3.05) is 40.3 Å². The predicted molar refractivity (Wildman–Crippen MR) is 124 cm³/mol. The Morgan fingerprint density at radius 2 is 1.78 bits per heavy atom. The minimum atomic E-state index is -0.568. The predicted octanol–water partition coefficient (Wildman–Crippen LogP) is 3.80. The van der Waals surface area contributed by atoms with E-state index in [9.17, 15) is 15.0 Å². The third-order valence-electron chi connectivity index (χ3n) is 6.09. The summed E-state index contributed by atoms with van der Waals surface area (Å²) in [7, 11) is 3.50. The first-order valence-electron chi connectivity index (χ1n) is 11.0. The highest BCUT2D eigenvalue weighted by Crippen LogP contribution is 2.38. The minimum Gasteiger partial charge on any atom is -0.504 e. The number of hydrogen-bond acceptors (Lipinski definition) is 7. The van der Waals surface area contributed by atoms with Crippen molar-refractivity contribution >= 4 is 11.0 Å². The van der Waals surface area contributed by atoms with Gasteiger partial charge in [0.05, 0.1) is 12.5 Å². The van der Waals surface area contributed by atoms with Crippen molar-refractivity contribution in [3.8, 4) is 28.6 Å². The second-order valence-electron chi connectivity index (χ2n) is 8.44. The van der Waals surface area contributed by atoms with Crippen LogP contribution in [0.4, 0.5) is 0 Å². The average Bonchev–Trinajstić information content (AvgIpc) is 2.81. The summed E-state index contributed by atoms with van der Waals surface area (Å²) in [6.07, 6.45) is 3.95. The third-order valence-corrected chi connectivity index (χ3v) is 6.09. The highest BCUT2D eigenvalue weighted by atomic mass is 16.5. The van der Waals surface area contributed by atoms with E-state index < -0.39 is 11.2 Å². The van der Waals surface area contributed by atoms with Crippen molar-refractivity contribution in [3.05, 3.63) is 52.2 Å². The molecule has 7 heteroatoms. The number of phenolic OH excluding ortho intramolecular Hbond substituents is 1. The Hall–Kier alpha value is -3.03. The Labute approximate surface area is 187 Å². The summed E-state index contributed by atoms with van der Waals surface area (Å²) in [4.78, 5) is 17.5. The van der Waals surface area contributed by atoms with Gasteiger partial charge >= 0.3 is 0 Å². The van der Waals surface area contributed by atoms with Crippen LogP contribution in [0.5, 0.6) is 17.2 Å². The maximum Gasteiger partial charge on any atom is 0.235 e. The number of ether oxygens (including phenoxy) is 1. The van der Waals surface area contributed by atoms with Crippen LogP contribution in [0, 0.1) is 0 Å². The summed E-state index contributed by atoms with van der Waals surface area (Å²) in [5, 5.41) is 20.6. The fourth-order valence-electron chi connectivity index (χ4n) is 4.25. The summed E-state index contributed by atoms with van der Waals surface area (Å²) in [5.41, 5.74) is 1.24. The summed E-state index contributed by atoms with van der Waals surface area (Å²) < 4.78 is 11.0. The molecule has 2 N–H and O–H groups in total. The molecule has 4 rings (SSSR count). The van der Waals surface area contributed by atoms with Gasteiger partial charge in [-0.15, -0.1) is 0 Å². The Morgan fingerprint density at radius 3 is 2.47 bits per heavy atom. The maximum atomic E-state index is 12.7. The molecule has 0 saturated carbocycles. The smallest absolute Gasteiger partial charge is 0.235 e. The van der Waals surface area contributed by atoms with Crippen molar-refractivity contribution < 1.29 is 19.4 Å². The lowest BCUT2D eigenvalue weighted by Crippen LogP contribution is -2.36. The van der Waals surface area contributed by atoms with Crippen LogP contribution >= 0.6 is 0 Å². The zero-order valence-corrected chi connectivity index (χ0v) is 18.6. The summed E-state index contributed by atoms with van der Waals surface area (Å²) in [6.45, 7) is 5.30. The first-order valence-corrected chi connectivity index (χ1v) is 11.0. The molecule has 0 spiro atoms. The number of rotatable bonds is 7. The number of methoxy groups -OCH3 is 1. The molecule has 0 radical (unpaired) electrons. The quantitative estimate of drug-likeness (QED) is 0.580. The van der Waals surface area contributed by atoms with Crippen LogP contribution in [-0.4, -0.2) is 60.3 Å². The van der Waals surface area contributed by atoms with Crippen LogP contribution in [0.2, 0.25) is 0 Å². The van der Waals surface area contributed by atoms with Crippen molar-refractivity contribution in [2.45, 2.75) is 25.8 Å².